The summed E-state index contributed by atoms with van der Waals surface area (Å²) in [6.07, 6.45) is 3.39. The average Bonchev–Trinajstić information content (AvgIpc) is 1.69. The predicted octanol–water partition coefficient (Wildman–Crippen LogP) is -0.573. The molecule has 4 rings (SSSR count). The Labute approximate surface area is 29.9 Å². The van der Waals surface area contributed by atoms with E-state index in [0.717, 1.165) is 12.3 Å². The molecule has 0 aliphatic carbocycles. The van der Waals surface area contributed by atoms with E-state index in [1.54, 1.807) is 0 Å². The zero-order valence-corrected chi connectivity index (χ0v) is 2.76. The molecule has 2 nitrogen and oxygen atoms in total. The number of hydrogen-bond donors (Lipinski definition) is 0. The third-order valence-electron chi connectivity index (χ3n) is 1.80. The maximum Gasteiger partial charge on any atom is 0.273 e. The van der Waals surface area contributed by atoms with Gasteiger partial charge in [-0.15, -0.1) is 0 Å². The second kappa shape index (κ2) is 0.200. The monoisotopic (exact) mass is 68.0 g/mol. The summed E-state index contributed by atoms with van der Waals surface area (Å²) in [5.41, 5.74) is 0. The van der Waals surface area contributed by atoms with Crippen LogP contribution in [0.2, 0.25) is 0 Å². The quantitative estimate of drug-likeness (QED) is 0.273. The lowest BCUT2D eigenvalue weighted by Gasteiger charge is -2.00. The van der Waals surface area contributed by atoms with Gasteiger partial charge >= 0.3 is 0 Å². The van der Waals surface area contributed by atoms with Crippen LogP contribution in [-0.2, 0) is 0 Å². The Balaban J connectivity index is 2.39. The van der Waals surface area contributed by atoms with Gasteiger partial charge in [0, 0.05) is 5.01 Å². The zero-order valence-electron chi connectivity index (χ0n) is 2.76. The Hall–Kier alpha value is -0.0800. The molecule has 4 saturated heterocycles. The third kappa shape index (κ3) is 0.0364. The smallest absolute Gasteiger partial charge is 0.0217 e. The van der Waals surface area contributed by atoms with Crippen molar-refractivity contribution in [1.82, 2.24) is 10.0 Å². The lowest BCUT2D eigenvalue weighted by molar-refractivity contribution is 0.309. The van der Waals surface area contributed by atoms with Crippen molar-refractivity contribution >= 4 is 0 Å². The molecule has 4 aliphatic heterocycles. The first-order valence-electron chi connectivity index (χ1n) is 2.05. The zero-order chi connectivity index (χ0) is 3.02. The lowest BCUT2D eigenvalue weighted by atomic mass is 10.1. The Morgan fingerprint density at radius 1 is 1.60 bits per heavy atom. The van der Waals surface area contributed by atoms with Crippen molar-refractivity contribution in [2.24, 2.45) is 0 Å². The van der Waals surface area contributed by atoms with E-state index in [2.05, 4.69) is 10.0 Å². The predicted molar refractivity (Wildman–Crippen MR) is 16.2 cm³/mol. The van der Waals surface area contributed by atoms with E-state index in [1.807, 2.05) is 0 Å². The van der Waals surface area contributed by atoms with E-state index in [4.69, 9.17) is 0 Å². The van der Waals surface area contributed by atoms with E-state index < -0.39 is 0 Å². The summed E-state index contributed by atoms with van der Waals surface area (Å²) in [5, 5.41) is 4.78. The summed E-state index contributed by atoms with van der Waals surface area (Å²) in [6.45, 7) is 0. The molecule has 4 heterocycles. The summed E-state index contributed by atoms with van der Waals surface area (Å²) in [4.78, 5) is 0. The maximum atomic E-state index is 2.39. The normalized spacial score (nSPS) is 91.2. The Morgan fingerprint density at radius 3 is 2.00 bits per heavy atom. The van der Waals surface area contributed by atoms with E-state index in [-0.39, 0.29) is 0 Å². The highest BCUT2D eigenvalue weighted by molar-refractivity contribution is 5.24. The van der Waals surface area contributed by atoms with Gasteiger partial charge in [-0.3, -0.25) is 0 Å². The number of nitrogens with zero attached hydrogens (tertiary/aromatic N) is 2. The first-order valence-corrected chi connectivity index (χ1v) is 2.05. The van der Waals surface area contributed by atoms with Crippen LogP contribution in [0.4, 0.5) is 0 Å². The molecular formula is C3H4N2+. The van der Waals surface area contributed by atoms with Gasteiger partial charge in [0.2, 0.25) is 0 Å². The fraction of sp³-hybridized carbons (Fsp3) is 1.00. The van der Waals surface area contributed by atoms with Crippen molar-refractivity contribution < 1.29 is 0 Å². The molecule has 1 radical (unpaired) electrons. The van der Waals surface area contributed by atoms with Crippen LogP contribution in [-0.4, -0.2) is 17.3 Å². The fourth-order valence-corrected chi connectivity index (χ4v) is 1.15. The van der Waals surface area contributed by atoms with Crippen molar-refractivity contribution in [3.63, 3.8) is 0 Å². The number of hydrogen-bond acceptors (Lipinski definition) is 2. The van der Waals surface area contributed by atoms with Crippen molar-refractivity contribution in [2.75, 3.05) is 0 Å². The second-order valence-electron chi connectivity index (χ2n) is 1.96. The molecule has 0 N–H and O–H groups in total. The van der Waals surface area contributed by atoms with Crippen LogP contribution in [0.25, 0.3) is 0 Å². The number of hydrazine groups is 1. The first-order chi connectivity index (χ1) is 2.48. The van der Waals surface area contributed by atoms with Gasteiger partial charge in [0.25, 0.3) is 12.3 Å². The molecule has 0 unspecified atom stereocenters. The van der Waals surface area contributed by atoms with Gasteiger partial charge in [0.1, 0.15) is 6.42 Å². The van der Waals surface area contributed by atoms with E-state index in [9.17, 15) is 0 Å². The van der Waals surface area contributed by atoms with Gasteiger partial charge < -0.3 is 0 Å². The molecule has 25 valence electrons. The van der Waals surface area contributed by atoms with Crippen molar-refractivity contribution in [3.8, 4) is 0 Å². The molecule has 2 heteroatoms. The number of rotatable bonds is 0. The molecule has 0 saturated carbocycles. The summed E-state index contributed by atoms with van der Waals surface area (Å²) < 4.78 is 0. The highest BCUT2D eigenvalue weighted by Crippen LogP contribution is 2.61. The minimum Gasteiger partial charge on any atom is -0.0217 e. The van der Waals surface area contributed by atoms with Gasteiger partial charge in [-0.2, -0.15) is 0 Å². The molecule has 2 bridgehead atoms. The summed E-state index contributed by atoms with van der Waals surface area (Å²) in [7, 11) is 0. The third-order valence-corrected chi connectivity index (χ3v) is 1.80. The standard InChI is InChI=1S/C3H4N2/c1-2-4-3(1)5(2)4/h2-3H,1H2/q+1. The van der Waals surface area contributed by atoms with Crippen molar-refractivity contribution in [3.05, 3.63) is 0 Å². The molecule has 0 amide bonds. The van der Waals surface area contributed by atoms with Crippen LogP contribution in [0, 0.1) is 0 Å². The lowest BCUT2D eigenvalue weighted by Crippen LogP contribution is -2.36. The van der Waals surface area contributed by atoms with Crippen molar-refractivity contribution in [2.45, 2.75) is 18.8 Å². The first kappa shape index (κ1) is 1.58. The van der Waals surface area contributed by atoms with Gasteiger partial charge in [-0.1, -0.05) is 0 Å². The van der Waals surface area contributed by atoms with Gasteiger partial charge in [-0.25, -0.2) is 0 Å². The maximum absolute atomic E-state index is 2.39. The van der Waals surface area contributed by atoms with Crippen molar-refractivity contribution in [1.29, 1.82) is 0 Å². The van der Waals surface area contributed by atoms with E-state index in [0.29, 0.717) is 0 Å². The second-order valence-corrected chi connectivity index (χ2v) is 1.96. The van der Waals surface area contributed by atoms with Crippen LogP contribution >= 0.6 is 0 Å². The molecule has 4 fully saturated rings. The van der Waals surface area contributed by atoms with Crippen LogP contribution in [0.1, 0.15) is 6.42 Å². The minimum absolute atomic E-state index is 0.958. The van der Waals surface area contributed by atoms with Crippen LogP contribution in [0.3, 0.4) is 0 Å². The Kier molecular flexibility index (Phi) is 0.0632. The largest absolute Gasteiger partial charge is 0.273 e. The highest BCUT2D eigenvalue weighted by atomic mass is 16.1. The van der Waals surface area contributed by atoms with Crippen LogP contribution in [0.15, 0.2) is 0 Å². The Bertz CT molecular complexity index is 69.1. The molecule has 0 aromatic rings. The SMILES string of the molecule is C1C2N3C1[N+]23. The van der Waals surface area contributed by atoms with Crippen LogP contribution in [0.5, 0.6) is 0 Å². The van der Waals surface area contributed by atoms with E-state index in [1.165, 1.54) is 6.42 Å². The Morgan fingerprint density at radius 2 is 2.00 bits per heavy atom. The van der Waals surface area contributed by atoms with Crippen LogP contribution < -0.4 is 5.01 Å². The summed E-state index contributed by atoms with van der Waals surface area (Å²) >= 11 is 0. The summed E-state index contributed by atoms with van der Waals surface area (Å²) in [6, 6.07) is 0. The average molecular weight is 68.1 g/mol. The van der Waals surface area contributed by atoms with Gasteiger partial charge in [-0.05, 0) is 5.01 Å². The molecule has 0 aromatic heterocycles. The molecule has 0 atom stereocenters. The van der Waals surface area contributed by atoms with Gasteiger partial charge in [0.05, 0.1) is 0 Å². The van der Waals surface area contributed by atoms with Gasteiger partial charge in [0.15, 0.2) is 0 Å². The van der Waals surface area contributed by atoms with E-state index >= 15 is 0 Å². The molecule has 5 heavy (non-hydrogen) atoms. The molecule has 4 aliphatic rings. The minimum atomic E-state index is 0.958. The molecule has 0 spiro atoms. The summed E-state index contributed by atoms with van der Waals surface area (Å²) in [5.74, 6) is 0. The topological polar surface area (TPSA) is 8.91 Å². The molecule has 0 aromatic carbocycles. The highest BCUT2D eigenvalue weighted by Gasteiger charge is 2.99. The fourth-order valence-electron chi connectivity index (χ4n) is 1.15. The molecular weight excluding hydrogens is 64.0 g/mol.